The van der Waals surface area contributed by atoms with Gasteiger partial charge < -0.3 is 10.1 Å². The summed E-state index contributed by atoms with van der Waals surface area (Å²) in [6.07, 6.45) is 0.772. The van der Waals surface area contributed by atoms with E-state index in [-0.39, 0.29) is 12.1 Å². The van der Waals surface area contributed by atoms with Crippen LogP contribution in [0.2, 0.25) is 0 Å². The van der Waals surface area contributed by atoms with Crippen molar-refractivity contribution in [1.82, 2.24) is 5.32 Å². The number of nitrogens with zero attached hydrogens (tertiary/aromatic N) is 1. The highest BCUT2D eigenvalue weighted by Gasteiger charge is 2.24. The van der Waals surface area contributed by atoms with Crippen LogP contribution in [0.25, 0.3) is 0 Å². The highest BCUT2D eigenvalue weighted by Crippen LogP contribution is 2.09. The third-order valence-corrected chi connectivity index (χ3v) is 2.77. The summed E-state index contributed by atoms with van der Waals surface area (Å²) in [6, 6.07) is 10.1. The highest BCUT2D eigenvalue weighted by molar-refractivity contribution is 5.11. The second-order valence-electron chi connectivity index (χ2n) is 4.09. The smallest absolute Gasteiger partial charge is 0.120 e. The quantitative estimate of drug-likeness (QED) is 0.800. The van der Waals surface area contributed by atoms with Gasteiger partial charge in [0.25, 0.3) is 0 Å². The lowest BCUT2D eigenvalue weighted by atomic mass is 10.1. The molecule has 0 amide bonds. The first-order valence-electron chi connectivity index (χ1n) is 5.85. The lowest BCUT2D eigenvalue weighted by Gasteiger charge is -2.25. The number of ether oxygens (including phenoxy) is 1. The molecule has 1 N–H and O–H groups in total. The van der Waals surface area contributed by atoms with Gasteiger partial charge in [0.05, 0.1) is 6.10 Å². The molecule has 0 bridgehead atoms. The van der Waals surface area contributed by atoms with E-state index in [1.807, 2.05) is 18.2 Å². The van der Waals surface area contributed by atoms with Crippen molar-refractivity contribution in [3.8, 4) is 0 Å². The van der Waals surface area contributed by atoms with Crippen molar-refractivity contribution in [1.29, 1.82) is 0 Å². The first kappa shape index (κ1) is 13.8. The van der Waals surface area contributed by atoms with Crippen LogP contribution in [0.3, 0.4) is 0 Å². The fourth-order valence-corrected chi connectivity index (χ4v) is 1.71. The standard InChI is InChI=1S/C7H8.C6H12N2O2/c1-7-5-3-2-4-6-7;1-10-6-4-7-3-2-5(6)8-9/h2-6H,1H3;5-7H,2-4H2,1H3. The number of hydrogen-bond acceptors (Lipinski definition) is 4. The average molecular weight is 236 g/mol. The molecule has 0 radical (unpaired) electrons. The van der Waals surface area contributed by atoms with Crippen LogP contribution in [-0.2, 0) is 4.74 Å². The molecule has 4 heteroatoms. The molecule has 0 saturated carbocycles. The van der Waals surface area contributed by atoms with Crippen LogP contribution in [0.5, 0.6) is 0 Å². The monoisotopic (exact) mass is 236 g/mol. The van der Waals surface area contributed by atoms with Gasteiger partial charge in [0.2, 0.25) is 0 Å². The highest BCUT2D eigenvalue weighted by atomic mass is 16.5. The zero-order valence-corrected chi connectivity index (χ0v) is 10.4. The predicted octanol–water partition coefficient (Wildman–Crippen LogP) is 2.12. The van der Waals surface area contributed by atoms with E-state index in [4.69, 9.17) is 4.74 Å². The second kappa shape index (κ2) is 7.92. The van der Waals surface area contributed by atoms with E-state index >= 15 is 0 Å². The summed E-state index contributed by atoms with van der Waals surface area (Å²) >= 11 is 0. The molecular formula is C13H20N2O2. The van der Waals surface area contributed by atoms with Crippen LogP contribution < -0.4 is 5.32 Å². The molecule has 1 aliphatic rings. The number of hydrogen-bond donors (Lipinski definition) is 1. The summed E-state index contributed by atoms with van der Waals surface area (Å²) in [5.41, 5.74) is 1.32. The van der Waals surface area contributed by atoms with Crippen molar-refractivity contribution in [3.05, 3.63) is 40.8 Å². The number of benzene rings is 1. The van der Waals surface area contributed by atoms with Crippen molar-refractivity contribution >= 4 is 0 Å². The minimum absolute atomic E-state index is 0.0220. The molecule has 0 aliphatic carbocycles. The van der Waals surface area contributed by atoms with Gasteiger partial charge >= 0.3 is 0 Å². The number of nitrogens with one attached hydrogen (secondary N) is 1. The maximum Gasteiger partial charge on any atom is 0.120 e. The van der Waals surface area contributed by atoms with Crippen LogP contribution in [0.1, 0.15) is 12.0 Å². The Morgan fingerprint density at radius 1 is 1.35 bits per heavy atom. The Morgan fingerprint density at radius 2 is 2.06 bits per heavy atom. The van der Waals surface area contributed by atoms with Gasteiger partial charge in [-0.3, -0.25) is 0 Å². The van der Waals surface area contributed by atoms with Gasteiger partial charge in [0.15, 0.2) is 0 Å². The minimum Gasteiger partial charge on any atom is -0.378 e. The van der Waals surface area contributed by atoms with Gasteiger partial charge in [0, 0.05) is 13.7 Å². The van der Waals surface area contributed by atoms with E-state index in [0.29, 0.717) is 0 Å². The second-order valence-corrected chi connectivity index (χ2v) is 4.09. The molecule has 1 saturated heterocycles. The minimum atomic E-state index is -0.147. The zero-order chi connectivity index (χ0) is 12.5. The Balaban J connectivity index is 0.000000181. The van der Waals surface area contributed by atoms with Crippen molar-refractivity contribution in [2.24, 2.45) is 5.18 Å². The Hall–Kier alpha value is -1.26. The summed E-state index contributed by atoms with van der Waals surface area (Å²) in [7, 11) is 1.61. The Labute approximate surface area is 102 Å². The van der Waals surface area contributed by atoms with Crippen LogP contribution >= 0.6 is 0 Å². The molecule has 4 nitrogen and oxygen atoms in total. The van der Waals surface area contributed by atoms with E-state index < -0.39 is 0 Å². The Kier molecular flexibility index (Phi) is 6.43. The maximum absolute atomic E-state index is 10.2. The number of methoxy groups -OCH3 is 1. The number of rotatable bonds is 2. The summed E-state index contributed by atoms with van der Waals surface area (Å²) in [4.78, 5) is 10.2. The fourth-order valence-electron chi connectivity index (χ4n) is 1.71. The molecule has 2 atom stereocenters. The molecule has 1 fully saturated rings. The molecule has 94 valence electrons. The third kappa shape index (κ3) is 5.06. The van der Waals surface area contributed by atoms with Gasteiger partial charge in [-0.15, -0.1) is 0 Å². The topological polar surface area (TPSA) is 50.7 Å². The van der Waals surface area contributed by atoms with E-state index in [9.17, 15) is 4.91 Å². The largest absolute Gasteiger partial charge is 0.378 e. The van der Waals surface area contributed by atoms with Crippen LogP contribution in [0.15, 0.2) is 35.5 Å². The van der Waals surface area contributed by atoms with E-state index in [1.165, 1.54) is 5.56 Å². The van der Waals surface area contributed by atoms with Crippen molar-refractivity contribution in [2.75, 3.05) is 20.2 Å². The number of nitroso groups, excluding NO2 is 1. The van der Waals surface area contributed by atoms with E-state index in [1.54, 1.807) is 7.11 Å². The SMILES string of the molecule is COC1CNCCC1N=O.Cc1ccccc1. The van der Waals surface area contributed by atoms with Gasteiger partial charge in [0.1, 0.15) is 6.04 Å². The normalized spacial score (nSPS) is 23.4. The lowest BCUT2D eigenvalue weighted by Crippen LogP contribution is -2.43. The number of piperidine rings is 1. The Morgan fingerprint density at radius 3 is 2.47 bits per heavy atom. The lowest BCUT2D eigenvalue weighted by molar-refractivity contribution is 0.0649. The van der Waals surface area contributed by atoms with Crippen LogP contribution in [0.4, 0.5) is 0 Å². The van der Waals surface area contributed by atoms with Crippen molar-refractivity contribution in [3.63, 3.8) is 0 Å². The molecule has 2 rings (SSSR count). The number of aryl methyl sites for hydroxylation is 1. The fraction of sp³-hybridized carbons (Fsp3) is 0.538. The first-order chi connectivity index (χ1) is 8.27. The Bertz CT molecular complexity index is 316. The molecule has 0 aromatic heterocycles. The van der Waals surface area contributed by atoms with Gasteiger partial charge in [-0.2, -0.15) is 4.91 Å². The van der Waals surface area contributed by atoms with Crippen LogP contribution in [0, 0.1) is 11.8 Å². The molecule has 1 aromatic carbocycles. The summed E-state index contributed by atoms with van der Waals surface area (Å²) < 4.78 is 5.04. The zero-order valence-electron chi connectivity index (χ0n) is 10.4. The molecule has 17 heavy (non-hydrogen) atoms. The van der Waals surface area contributed by atoms with Crippen molar-refractivity contribution in [2.45, 2.75) is 25.5 Å². The summed E-state index contributed by atoms with van der Waals surface area (Å²) in [6.45, 7) is 3.70. The average Bonchev–Trinajstić information content (AvgIpc) is 2.40. The molecule has 1 aliphatic heterocycles. The van der Waals surface area contributed by atoms with E-state index in [0.717, 1.165) is 19.5 Å². The summed E-state index contributed by atoms with van der Waals surface area (Å²) in [5, 5.41) is 6.11. The van der Waals surface area contributed by atoms with Gasteiger partial charge in [-0.05, 0) is 19.9 Å². The first-order valence-corrected chi connectivity index (χ1v) is 5.85. The van der Waals surface area contributed by atoms with Crippen LogP contribution in [-0.4, -0.2) is 32.3 Å². The predicted molar refractivity (Wildman–Crippen MR) is 69.0 cm³/mol. The maximum atomic E-state index is 10.2. The molecule has 1 aromatic rings. The van der Waals surface area contributed by atoms with E-state index in [2.05, 4.69) is 29.6 Å². The van der Waals surface area contributed by atoms with Gasteiger partial charge in [-0.1, -0.05) is 41.1 Å². The summed E-state index contributed by atoms with van der Waals surface area (Å²) in [5.74, 6) is 0. The molecular weight excluding hydrogens is 216 g/mol. The van der Waals surface area contributed by atoms with Crippen molar-refractivity contribution < 1.29 is 4.74 Å². The molecule has 2 unspecified atom stereocenters. The van der Waals surface area contributed by atoms with Gasteiger partial charge in [-0.25, -0.2) is 0 Å². The molecule has 0 spiro atoms. The third-order valence-electron chi connectivity index (χ3n) is 2.77. The molecule has 1 heterocycles.